The minimum atomic E-state index is -3.75. The molecule has 1 fully saturated rings. The van der Waals surface area contributed by atoms with Crippen molar-refractivity contribution in [2.45, 2.75) is 4.90 Å². The number of hydrazone groups is 1. The number of carbonyl (C=O) groups is 1. The molecule has 1 amide bonds. The van der Waals surface area contributed by atoms with Gasteiger partial charge in [0.15, 0.2) is 0 Å². The smallest absolute Gasteiger partial charge is 0.407 e. The molecule has 0 unspecified atom stereocenters. The van der Waals surface area contributed by atoms with Crippen LogP contribution in [-0.2, 0) is 10.0 Å². The van der Waals surface area contributed by atoms with Crippen LogP contribution < -0.4 is 9.57 Å². The summed E-state index contributed by atoms with van der Waals surface area (Å²) in [5.41, 5.74) is 0.462. The van der Waals surface area contributed by atoms with E-state index in [2.05, 4.69) is 9.93 Å². The molecule has 2 N–H and O–H groups in total. The molecule has 0 spiro atoms. The maximum atomic E-state index is 11.9. The number of nitrogens with zero attached hydrogens (tertiary/aromatic N) is 2. The first-order chi connectivity index (χ1) is 9.42. The molecular formula is C11H13N3O5S. The standard InChI is InChI=1S/C11H13N3O5S/c1-19-9-2-4-10(5-3-9)20(17,18)13-12-8-6-14(7-8)11(15)16/h2-5,13H,6-7H2,1H3,(H,15,16). The SMILES string of the molecule is COc1ccc(S(=O)(=O)NN=C2CN(C(=O)O)C2)cc1. The Labute approximate surface area is 115 Å². The summed E-state index contributed by atoms with van der Waals surface area (Å²) in [5, 5.41) is 12.3. The maximum absolute atomic E-state index is 11.9. The Morgan fingerprint density at radius 3 is 2.45 bits per heavy atom. The van der Waals surface area contributed by atoms with Crippen molar-refractivity contribution in [3.63, 3.8) is 0 Å². The summed E-state index contributed by atoms with van der Waals surface area (Å²) in [6, 6.07) is 5.84. The minimum Gasteiger partial charge on any atom is -0.497 e. The second-order valence-electron chi connectivity index (χ2n) is 4.09. The van der Waals surface area contributed by atoms with Crippen molar-refractivity contribution >= 4 is 21.8 Å². The van der Waals surface area contributed by atoms with Crippen LogP contribution in [0.25, 0.3) is 0 Å². The molecule has 0 aliphatic carbocycles. The highest BCUT2D eigenvalue weighted by atomic mass is 32.2. The lowest BCUT2D eigenvalue weighted by Gasteiger charge is -2.29. The van der Waals surface area contributed by atoms with E-state index in [0.29, 0.717) is 11.5 Å². The fourth-order valence-corrected chi connectivity index (χ4v) is 2.38. The van der Waals surface area contributed by atoms with Crippen molar-refractivity contribution in [1.29, 1.82) is 0 Å². The van der Waals surface area contributed by atoms with E-state index < -0.39 is 16.1 Å². The maximum Gasteiger partial charge on any atom is 0.407 e. The summed E-state index contributed by atoms with van der Waals surface area (Å²) in [6.07, 6.45) is -1.05. The molecule has 1 aromatic rings. The third-order valence-corrected chi connectivity index (χ3v) is 3.94. The lowest BCUT2D eigenvalue weighted by molar-refractivity contribution is 0.149. The number of hydrogen-bond donors (Lipinski definition) is 2. The van der Waals surface area contributed by atoms with Gasteiger partial charge in [-0.2, -0.15) is 18.4 Å². The van der Waals surface area contributed by atoms with Gasteiger partial charge in [-0.1, -0.05) is 0 Å². The topological polar surface area (TPSA) is 108 Å². The molecule has 2 rings (SSSR count). The van der Waals surface area contributed by atoms with Crippen LogP contribution in [0.3, 0.4) is 0 Å². The quantitative estimate of drug-likeness (QED) is 0.778. The Morgan fingerprint density at radius 1 is 1.35 bits per heavy atom. The number of sulfonamides is 1. The number of nitrogens with one attached hydrogen (secondary N) is 1. The van der Waals surface area contributed by atoms with Gasteiger partial charge in [0.2, 0.25) is 0 Å². The molecule has 1 aliphatic heterocycles. The summed E-state index contributed by atoms with van der Waals surface area (Å²) in [6.45, 7) is 0.223. The first-order valence-corrected chi connectivity index (χ1v) is 7.10. The normalized spacial score (nSPS) is 14.4. The van der Waals surface area contributed by atoms with Gasteiger partial charge in [-0.05, 0) is 24.3 Å². The number of methoxy groups -OCH3 is 1. The lowest BCUT2D eigenvalue weighted by atomic mass is 10.2. The van der Waals surface area contributed by atoms with Gasteiger partial charge in [0.25, 0.3) is 10.0 Å². The molecule has 0 bridgehead atoms. The van der Waals surface area contributed by atoms with E-state index in [0.717, 1.165) is 4.90 Å². The zero-order chi connectivity index (χ0) is 14.8. The van der Waals surface area contributed by atoms with Crippen molar-refractivity contribution < 1.29 is 23.1 Å². The number of hydrogen-bond acceptors (Lipinski definition) is 5. The van der Waals surface area contributed by atoms with Gasteiger partial charge in [0, 0.05) is 0 Å². The third-order valence-electron chi connectivity index (χ3n) is 2.71. The van der Waals surface area contributed by atoms with Crippen LogP contribution in [-0.4, -0.2) is 50.4 Å². The zero-order valence-corrected chi connectivity index (χ0v) is 11.4. The molecule has 108 valence electrons. The predicted molar refractivity (Wildman–Crippen MR) is 70.3 cm³/mol. The average molecular weight is 299 g/mol. The number of benzene rings is 1. The van der Waals surface area contributed by atoms with E-state index >= 15 is 0 Å². The Bertz CT molecular complexity index is 631. The lowest BCUT2D eigenvalue weighted by Crippen LogP contribution is -2.50. The van der Waals surface area contributed by atoms with Gasteiger partial charge in [0.1, 0.15) is 5.75 Å². The summed E-state index contributed by atoms with van der Waals surface area (Å²) in [5.74, 6) is 0.548. The average Bonchev–Trinajstić information content (AvgIpc) is 2.36. The Hall–Kier alpha value is -2.29. The van der Waals surface area contributed by atoms with Crippen LogP contribution in [0.2, 0.25) is 0 Å². The van der Waals surface area contributed by atoms with Gasteiger partial charge in [-0.25, -0.2) is 4.79 Å². The molecule has 0 atom stereocenters. The van der Waals surface area contributed by atoms with Crippen molar-refractivity contribution in [3.8, 4) is 5.75 Å². The Kier molecular flexibility index (Phi) is 3.79. The molecule has 1 heterocycles. The van der Waals surface area contributed by atoms with E-state index in [1.54, 1.807) is 0 Å². The Morgan fingerprint density at radius 2 is 1.95 bits per heavy atom. The molecular weight excluding hydrogens is 286 g/mol. The highest BCUT2D eigenvalue weighted by molar-refractivity contribution is 7.89. The van der Waals surface area contributed by atoms with Gasteiger partial charge in [-0.15, -0.1) is 0 Å². The van der Waals surface area contributed by atoms with E-state index in [1.807, 2.05) is 0 Å². The molecule has 1 saturated heterocycles. The van der Waals surface area contributed by atoms with Crippen LogP contribution in [0, 0.1) is 0 Å². The minimum absolute atomic E-state index is 0.0528. The second-order valence-corrected chi connectivity index (χ2v) is 5.75. The Balaban J connectivity index is 2.01. The fourth-order valence-electron chi connectivity index (χ4n) is 1.53. The first-order valence-electron chi connectivity index (χ1n) is 5.61. The summed E-state index contributed by atoms with van der Waals surface area (Å²) < 4.78 is 28.7. The largest absolute Gasteiger partial charge is 0.497 e. The van der Waals surface area contributed by atoms with E-state index in [4.69, 9.17) is 9.84 Å². The van der Waals surface area contributed by atoms with Crippen LogP contribution in [0.15, 0.2) is 34.3 Å². The zero-order valence-electron chi connectivity index (χ0n) is 10.6. The predicted octanol–water partition coefficient (Wildman–Crippen LogP) is 0.323. The van der Waals surface area contributed by atoms with E-state index in [-0.39, 0.29) is 18.0 Å². The molecule has 9 heteroatoms. The van der Waals surface area contributed by atoms with Crippen LogP contribution in [0.4, 0.5) is 4.79 Å². The summed E-state index contributed by atoms with van der Waals surface area (Å²) in [7, 11) is -2.27. The van der Waals surface area contributed by atoms with Crippen LogP contribution in [0.1, 0.15) is 0 Å². The summed E-state index contributed by atoms with van der Waals surface area (Å²) >= 11 is 0. The number of carboxylic acid groups (broad SMARTS) is 1. The van der Waals surface area contributed by atoms with Gasteiger partial charge < -0.3 is 9.84 Å². The molecule has 8 nitrogen and oxygen atoms in total. The number of rotatable bonds is 4. The van der Waals surface area contributed by atoms with Crippen molar-refractivity contribution in [1.82, 2.24) is 9.73 Å². The molecule has 0 radical (unpaired) electrons. The molecule has 0 saturated carbocycles. The van der Waals surface area contributed by atoms with E-state index in [9.17, 15) is 13.2 Å². The highest BCUT2D eigenvalue weighted by Crippen LogP contribution is 2.15. The summed E-state index contributed by atoms with van der Waals surface area (Å²) in [4.78, 5) is 13.8. The molecule has 0 aromatic heterocycles. The first kappa shape index (κ1) is 14.1. The fraction of sp³-hybridized carbons (Fsp3) is 0.273. The molecule has 1 aliphatic rings. The van der Waals surface area contributed by atoms with Gasteiger partial charge in [0.05, 0.1) is 30.8 Å². The number of likely N-dealkylation sites (tertiary alicyclic amines) is 1. The van der Waals surface area contributed by atoms with Gasteiger partial charge >= 0.3 is 6.09 Å². The van der Waals surface area contributed by atoms with Crippen molar-refractivity contribution in [2.75, 3.05) is 20.2 Å². The van der Waals surface area contributed by atoms with Crippen LogP contribution in [0.5, 0.6) is 5.75 Å². The number of amides is 1. The van der Waals surface area contributed by atoms with Crippen molar-refractivity contribution in [2.24, 2.45) is 5.10 Å². The van der Waals surface area contributed by atoms with Crippen LogP contribution >= 0.6 is 0 Å². The van der Waals surface area contributed by atoms with Gasteiger partial charge in [-0.3, -0.25) is 4.90 Å². The second kappa shape index (κ2) is 5.37. The monoisotopic (exact) mass is 299 g/mol. The third kappa shape index (κ3) is 2.99. The molecule has 1 aromatic carbocycles. The number of ether oxygens (including phenoxy) is 1. The highest BCUT2D eigenvalue weighted by Gasteiger charge is 2.26. The van der Waals surface area contributed by atoms with E-state index in [1.165, 1.54) is 31.4 Å². The van der Waals surface area contributed by atoms with Crippen molar-refractivity contribution in [3.05, 3.63) is 24.3 Å². The molecule has 20 heavy (non-hydrogen) atoms.